The van der Waals surface area contributed by atoms with Crippen LogP contribution in [0.4, 0.5) is 0 Å². The minimum absolute atomic E-state index is 0.00187. The second-order valence-corrected chi connectivity index (χ2v) is 16.4. The van der Waals surface area contributed by atoms with E-state index in [-0.39, 0.29) is 60.5 Å². The molecule has 18 heteroatoms. The van der Waals surface area contributed by atoms with Crippen LogP contribution in [0.25, 0.3) is 0 Å². The van der Waals surface area contributed by atoms with E-state index in [4.69, 9.17) is 18.6 Å². The number of ketones is 2. The molecule has 6 atom stereocenters. The van der Waals surface area contributed by atoms with Crippen molar-refractivity contribution in [2.45, 2.75) is 96.2 Å². The summed E-state index contributed by atoms with van der Waals surface area (Å²) in [5.74, 6) is -5.78. The Morgan fingerprint density at radius 2 is 1.21 bits per heavy atom. The molecule has 0 saturated carbocycles. The van der Waals surface area contributed by atoms with Gasteiger partial charge in [0.2, 0.25) is 5.91 Å². The van der Waals surface area contributed by atoms with Crippen LogP contribution in [0.2, 0.25) is 5.82 Å². The Morgan fingerprint density at radius 1 is 0.661 bits per heavy atom. The maximum atomic E-state index is 14.1. The number of carbonyl (C=O) groups excluding carboxylic acids is 6. The van der Waals surface area contributed by atoms with Crippen molar-refractivity contribution in [2.24, 2.45) is 17.8 Å². The maximum absolute atomic E-state index is 14.1. The fraction of sp³-hybridized carbons (Fsp3) is 0.409. The van der Waals surface area contributed by atoms with E-state index < -0.39 is 73.9 Å². The Labute approximate surface area is 361 Å². The van der Waals surface area contributed by atoms with Gasteiger partial charge in [0.1, 0.15) is 11.4 Å². The topological polar surface area (TPSA) is 215 Å². The number of nitrogens with zero attached hydrogens (tertiary/aromatic N) is 4. The summed E-state index contributed by atoms with van der Waals surface area (Å²) >= 11 is 0. The normalized spacial score (nSPS) is 18.2. The molecule has 4 aromatic rings. The molecule has 322 valence electrons. The first-order valence-corrected chi connectivity index (χ1v) is 20.8. The highest BCUT2D eigenvalue weighted by Gasteiger charge is 2.57. The lowest BCUT2D eigenvalue weighted by Gasteiger charge is -2.25. The highest BCUT2D eigenvalue weighted by molar-refractivity contribution is 6.53. The number of benzene rings is 2. The van der Waals surface area contributed by atoms with Gasteiger partial charge in [0.05, 0.1) is 24.4 Å². The van der Waals surface area contributed by atoms with Gasteiger partial charge in [0.25, 0.3) is 5.91 Å². The number of carbonyl (C=O) groups is 6. The van der Waals surface area contributed by atoms with E-state index >= 15 is 0 Å². The first-order chi connectivity index (χ1) is 29.8. The molecule has 6 rings (SSSR count). The number of hydrogen-bond donors (Lipinski definition) is 2. The van der Waals surface area contributed by atoms with Crippen molar-refractivity contribution < 1.29 is 47.4 Å². The monoisotopic (exact) mass is 844 g/mol. The van der Waals surface area contributed by atoms with Gasteiger partial charge in [-0.15, -0.1) is 0 Å². The highest BCUT2D eigenvalue weighted by Crippen LogP contribution is 2.34. The van der Waals surface area contributed by atoms with Gasteiger partial charge in [0, 0.05) is 49.4 Å². The summed E-state index contributed by atoms with van der Waals surface area (Å²) < 4.78 is 23.6. The van der Waals surface area contributed by atoms with Crippen molar-refractivity contribution in [3.63, 3.8) is 0 Å². The molecule has 2 aromatic carbocycles. The Morgan fingerprint density at radius 3 is 1.77 bits per heavy atom. The molecular weight excluding hydrogens is 794 g/mol. The predicted octanol–water partition coefficient (Wildman–Crippen LogP) is 4.05. The van der Waals surface area contributed by atoms with Crippen LogP contribution >= 0.6 is 0 Å². The second-order valence-electron chi connectivity index (χ2n) is 16.4. The van der Waals surface area contributed by atoms with E-state index in [1.807, 2.05) is 88.4 Å². The number of Topliss-reactive ketones (excluding diaryl/α,β-unsaturated/α-hetero) is 2. The molecule has 0 radical (unpaired) electrons. The van der Waals surface area contributed by atoms with E-state index in [0.29, 0.717) is 12.8 Å². The Bertz CT molecular complexity index is 2000. The molecule has 4 heterocycles. The number of rotatable bonds is 21. The van der Waals surface area contributed by atoms with Crippen LogP contribution in [-0.4, -0.2) is 93.7 Å². The van der Waals surface area contributed by atoms with Crippen molar-refractivity contribution in [3.05, 3.63) is 120 Å². The largest absolute Gasteiger partial charge is 0.552 e. The Hall–Kier alpha value is -6.13. The maximum Gasteiger partial charge on any atom is 0.552 e. The van der Waals surface area contributed by atoms with E-state index in [1.54, 1.807) is 0 Å². The lowest BCUT2D eigenvalue weighted by atomic mass is 9.65. The standard InChI is InChI=1S/C44H50B2N6O10/c1-27(2)19-32(24-37(54)33(22-30-13-9-6-10-14-30)51-42(56)35-26-48-16-18-50-35)45-59-39(43(57)61-45)40-44(58)62-46(60-40)38(20-28(3)4)52-41(55)31(21-29-11-7-5-8-12-29)23-36(53)34-25-47-15-17-49-34/h5-18,25-28,31-33,38-40H,19-24H2,1-4H3,(H,51,56)(H,52,55)/t31?,32-,33?,38+,39+,40?/m1/s1. The van der Waals surface area contributed by atoms with Gasteiger partial charge in [-0.25, -0.2) is 9.97 Å². The van der Waals surface area contributed by atoms with E-state index in [0.717, 1.165) is 11.1 Å². The molecule has 2 N–H and O–H groups in total. The van der Waals surface area contributed by atoms with Crippen LogP contribution < -0.4 is 10.6 Å². The van der Waals surface area contributed by atoms with Crippen molar-refractivity contribution in [1.29, 1.82) is 0 Å². The Balaban J connectivity index is 1.15. The summed E-state index contributed by atoms with van der Waals surface area (Å²) in [5.41, 5.74) is 1.83. The summed E-state index contributed by atoms with van der Waals surface area (Å²) in [5, 5.41) is 5.77. The summed E-state index contributed by atoms with van der Waals surface area (Å²) in [6.07, 6.45) is 6.14. The van der Waals surface area contributed by atoms with Crippen molar-refractivity contribution in [1.82, 2.24) is 30.6 Å². The molecule has 0 bridgehead atoms. The lowest BCUT2D eigenvalue weighted by Crippen LogP contribution is -2.50. The SMILES string of the molecule is CC(C)C[C@H](CC(=O)C(Cc1ccccc1)NC(=O)c1cnccn1)B1OC(=O)[C@H](C2OB([C@H](CC(C)C)NC(=O)C(CC(=O)c3cnccn3)Cc3ccccc3)OC2=O)O1. The van der Waals surface area contributed by atoms with Crippen LogP contribution in [0, 0.1) is 17.8 Å². The van der Waals surface area contributed by atoms with Gasteiger partial charge in [0.15, 0.2) is 23.8 Å². The smallest absolute Gasteiger partial charge is 0.507 e. The molecule has 0 aliphatic carbocycles. The van der Waals surface area contributed by atoms with E-state index in [2.05, 4.69) is 30.6 Å². The van der Waals surface area contributed by atoms with E-state index in [1.165, 1.54) is 37.2 Å². The summed E-state index contributed by atoms with van der Waals surface area (Å²) in [6, 6.07) is 17.5. The molecule has 62 heavy (non-hydrogen) atoms. The first kappa shape index (κ1) is 45.4. The van der Waals surface area contributed by atoms with Gasteiger partial charge >= 0.3 is 26.2 Å². The zero-order valence-corrected chi connectivity index (χ0v) is 35.1. The number of hydrogen-bond acceptors (Lipinski definition) is 14. The van der Waals surface area contributed by atoms with Crippen LogP contribution in [-0.2, 0) is 50.6 Å². The molecule has 3 unspecified atom stereocenters. The fourth-order valence-corrected chi connectivity index (χ4v) is 7.61. The molecule has 2 fully saturated rings. The number of aromatic nitrogens is 4. The fourth-order valence-electron chi connectivity index (χ4n) is 7.61. The molecular formula is C44H50B2N6O10. The third-order valence-corrected chi connectivity index (χ3v) is 10.5. The third kappa shape index (κ3) is 12.5. The summed E-state index contributed by atoms with van der Waals surface area (Å²) in [7, 11) is -2.52. The van der Waals surface area contributed by atoms with Crippen LogP contribution in [0.1, 0.15) is 85.5 Å². The molecule has 16 nitrogen and oxygen atoms in total. The summed E-state index contributed by atoms with van der Waals surface area (Å²) in [4.78, 5) is 97.7. The average molecular weight is 845 g/mol. The van der Waals surface area contributed by atoms with Gasteiger partial charge in [-0.2, -0.15) is 0 Å². The van der Waals surface area contributed by atoms with Crippen molar-refractivity contribution in [3.8, 4) is 0 Å². The predicted molar refractivity (Wildman–Crippen MR) is 226 cm³/mol. The third-order valence-electron chi connectivity index (χ3n) is 10.5. The zero-order valence-electron chi connectivity index (χ0n) is 35.1. The van der Waals surface area contributed by atoms with Crippen LogP contribution in [0.5, 0.6) is 0 Å². The van der Waals surface area contributed by atoms with E-state index in [9.17, 15) is 28.8 Å². The minimum atomic E-state index is -1.53. The van der Waals surface area contributed by atoms with Gasteiger partial charge in [-0.05, 0) is 48.6 Å². The zero-order chi connectivity index (χ0) is 44.2. The molecule has 2 aliphatic rings. The molecule has 2 saturated heterocycles. The number of amides is 2. The Kier molecular flexibility index (Phi) is 15.8. The van der Waals surface area contributed by atoms with Gasteiger partial charge < -0.3 is 29.3 Å². The lowest BCUT2D eigenvalue weighted by molar-refractivity contribution is -0.147. The van der Waals surface area contributed by atoms with Gasteiger partial charge in [-0.1, -0.05) is 88.4 Å². The molecule has 2 aromatic heterocycles. The highest BCUT2D eigenvalue weighted by atomic mass is 16.7. The molecule has 0 spiro atoms. The van der Waals surface area contributed by atoms with Crippen LogP contribution in [0.15, 0.2) is 97.8 Å². The minimum Gasteiger partial charge on any atom is -0.507 e. The summed E-state index contributed by atoms with van der Waals surface area (Å²) in [6.45, 7) is 7.75. The number of nitrogens with one attached hydrogen (secondary N) is 2. The molecule has 2 aliphatic heterocycles. The van der Waals surface area contributed by atoms with Crippen molar-refractivity contribution >= 4 is 49.6 Å². The second kappa shape index (κ2) is 21.6. The average Bonchev–Trinajstić information content (AvgIpc) is 3.85. The quantitative estimate of drug-likeness (QED) is 0.0895. The van der Waals surface area contributed by atoms with Gasteiger partial charge in [-0.3, -0.25) is 38.7 Å². The van der Waals surface area contributed by atoms with Crippen molar-refractivity contribution in [2.75, 3.05) is 0 Å². The van der Waals surface area contributed by atoms with Crippen LogP contribution in [0.3, 0.4) is 0 Å². The molecule has 2 amide bonds. The first-order valence-electron chi connectivity index (χ1n) is 20.8.